The molecule has 0 aliphatic rings. The van der Waals surface area contributed by atoms with Crippen LogP contribution in [-0.4, -0.2) is 15.1 Å². The molecular weight excluding hydrogens is 166 g/mol. The molecule has 4 nitrogen and oxygen atoms in total. The van der Waals surface area contributed by atoms with E-state index in [2.05, 4.69) is 15.1 Å². The Hall–Kier alpha value is -1.71. The van der Waals surface area contributed by atoms with Crippen LogP contribution in [0, 0.1) is 13.8 Å². The predicted molar refractivity (Wildman–Crippen MR) is 47.0 cm³/mol. The van der Waals surface area contributed by atoms with Crippen molar-refractivity contribution in [1.82, 2.24) is 15.1 Å². The fraction of sp³-hybridized carbons (Fsp3) is 0.222. The maximum Gasteiger partial charge on any atom is 0.276 e. The van der Waals surface area contributed by atoms with Crippen LogP contribution < -0.4 is 0 Å². The molecule has 0 amide bonds. The molecule has 0 radical (unpaired) electrons. The first-order valence-corrected chi connectivity index (χ1v) is 4.00. The molecule has 0 atom stereocenters. The Morgan fingerprint density at radius 3 is 2.62 bits per heavy atom. The average molecular weight is 175 g/mol. The van der Waals surface area contributed by atoms with Crippen molar-refractivity contribution in [1.29, 1.82) is 0 Å². The first-order valence-electron chi connectivity index (χ1n) is 4.00. The lowest BCUT2D eigenvalue weighted by molar-refractivity contribution is 0.424. The van der Waals surface area contributed by atoms with Crippen LogP contribution in [0.4, 0.5) is 0 Å². The molecular formula is C9H9N3O. The Morgan fingerprint density at radius 1 is 1.15 bits per heavy atom. The molecule has 0 spiro atoms. The molecule has 13 heavy (non-hydrogen) atoms. The number of hydrogen-bond donors (Lipinski definition) is 0. The maximum atomic E-state index is 4.98. The van der Waals surface area contributed by atoms with Gasteiger partial charge in [0, 0.05) is 5.69 Å². The predicted octanol–water partition coefficient (Wildman–Crippen LogP) is 1.75. The van der Waals surface area contributed by atoms with E-state index in [1.165, 1.54) is 0 Å². The van der Waals surface area contributed by atoms with Gasteiger partial charge < -0.3 is 4.52 Å². The van der Waals surface area contributed by atoms with Crippen molar-refractivity contribution >= 4 is 0 Å². The molecule has 2 heterocycles. The van der Waals surface area contributed by atoms with E-state index in [-0.39, 0.29) is 0 Å². The highest BCUT2D eigenvalue weighted by Crippen LogP contribution is 2.13. The molecule has 0 unspecified atom stereocenters. The molecule has 0 aliphatic carbocycles. The van der Waals surface area contributed by atoms with E-state index in [4.69, 9.17) is 4.52 Å². The number of hydrogen-bond acceptors (Lipinski definition) is 4. The van der Waals surface area contributed by atoms with Gasteiger partial charge in [0.05, 0.1) is 0 Å². The number of aryl methyl sites for hydroxylation is 2. The van der Waals surface area contributed by atoms with E-state index < -0.39 is 0 Å². The van der Waals surface area contributed by atoms with Gasteiger partial charge in [0.15, 0.2) is 5.82 Å². The van der Waals surface area contributed by atoms with Crippen molar-refractivity contribution < 1.29 is 4.52 Å². The second-order valence-electron chi connectivity index (χ2n) is 2.81. The van der Waals surface area contributed by atoms with Gasteiger partial charge in [-0.1, -0.05) is 11.2 Å². The van der Waals surface area contributed by atoms with Gasteiger partial charge in [0.25, 0.3) is 5.89 Å². The first kappa shape index (κ1) is 7.91. The monoisotopic (exact) mass is 175 g/mol. The van der Waals surface area contributed by atoms with Crippen molar-refractivity contribution in [2.75, 3.05) is 0 Å². The van der Waals surface area contributed by atoms with Crippen LogP contribution in [-0.2, 0) is 0 Å². The number of pyridine rings is 1. The molecule has 0 bridgehead atoms. The average Bonchev–Trinajstić information content (AvgIpc) is 2.52. The van der Waals surface area contributed by atoms with Crippen molar-refractivity contribution in [3.05, 3.63) is 29.7 Å². The zero-order chi connectivity index (χ0) is 9.26. The molecule has 0 aromatic carbocycles. The zero-order valence-electron chi connectivity index (χ0n) is 7.48. The molecule has 0 fully saturated rings. The van der Waals surface area contributed by atoms with Gasteiger partial charge in [-0.05, 0) is 26.0 Å². The van der Waals surface area contributed by atoms with E-state index >= 15 is 0 Å². The van der Waals surface area contributed by atoms with E-state index in [1.807, 2.05) is 25.1 Å². The minimum Gasteiger partial charge on any atom is -0.332 e. The number of rotatable bonds is 1. The number of nitrogens with zero attached hydrogens (tertiary/aromatic N) is 3. The molecule has 0 aliphatic heterocycles. The smallest absolute Gasteiger partial charge is 0.276 e. The van der Waals surface area contributed by atoms with Gasteiger partial charge >= 0.3 is 0 Å². The maximum absolute atomic E-state index is 4.98. The van der Waals surface area contributed by atoms with Crippen LogP contribution >= 0.6 is 0 Å². The van der Waals surface area contributed by atoms with Crippen LogP contribution in [0.3, 0.4) is 0 Å². The SMILES string of the molecule is Cc1cccc(-c2nc(C)no2)n1. The highest BCUT2D eigenvalue weighted by molar-refractivity contribution is 5.46. The molecule has 2 aromatic rings. The Morgan fingerprint density at radius 2 is 2.00 bits per heavy atom. The summed E-state index contributed by atoms with van der Waals surface area (Å²) in [5.41, 5.74) is 1.66. The van der Waals surface area contributed by atoms with Crippen LogP contribution in [0.2, 0.25) is 0 Å². The molecule has 66 valence electrons. The lowest BCUT2D eigenvalue weighted by Gasteiger charge is -1.93. The lowest BCUT2D eigenvalue weighted by atomic mass is 10.3. The second-order valence-corrected chi connectivity index (χ2v) is 2.81. The first-order chi connectivity index (χ1) is 6.25. The molecule has 0 saturated carbocycles. The van der Waals surface area contributed by atoms with Gasteiger partial charge in [-0.2, -0.15) is 4.98 Å². The fourth-order valence-electron chi connectivity index (χ4n) is 1.06. The normalized spacial score (nSPS) is 10.3. The molecule has 0 saturated heterocycles. The fourth-order valence-corrected chi connectivity index (χ4v) is 1.06. The largest absolute Gasteiger partial charge is 0.332 e. The van der Waals surface area contributed by atoms with E-state index in [9.17, 15) is 0 Å². The van der Waals surface area contributed by atoms with Gasteiger partial charge in [0.1, 0.15) is 5.69 Å². The van der Waals surface area contributed by atoms with Crippen LogP contribution in [0.1, 0.15) is 11.5 Å². The summed E-state index contributed by atoms with van der Waals surface area (Å²) in [6.45, 7) is 3.70. The Labute approximate surface area is 75.6 Å². The third-order valence-corrected chi connectivity index (χ3v) is 1.64. The number of aromatic nitrogens is 3. The Balaban J connectivity index is 2.46. The molecule has 0 N–H and O–H groups in total. The summed E-state index contributed by atoms with van der Waals surface area (Å²) in [6, 6.07) is 5.68. The van der Waals surface area contributed by atoms with Crippen molar-refractivity contribution in [2.45, 2.75) is 13.8 Å². The van der Waals surface area contributed by atoms with Gasteiger partial charge in [-0.25, -0.2) is 4.98 Å². The van der Waals surface area contributed by atoms with E-state index in [0.29, 0.717) is 11.7 Å². The topological polar surface area (TPSA) is 51.8 Å². The van der Waals surface area contributed by atoms with Crippen LogP contribution in [0.15, 0.2) is 22.7 Å². The summed E-state index contributed by atoms with van der Waals surface area (Å²) in [7, 11) is 0. The summed E-state index contributed by atoms with van der Waals surface area (Å²) in [6.07, 6.45) is 0. The van der Waals surface area contributed by atoms with Crippen molar-refractivity contribution in [3.63, 3.8) is 0 Å². The summed E-state index contributed by atoms with van der Waals surface area (Å²) >= 11 is 0. The summed E-state index contributed by atoms with van der Waals surface area (Å²) < 4.78 is 4.98. The van der Waals surface area contributed by atoms with E-state index in [0.717, 1.165) is 11.4 Å². The Bertz CT molecular complexity index is 422. The van der Waals surface area contributed by atoms with Crippen molar-refractivity contribution in [3.8, 4) is 11.6 Å². The van der Waals surface area contributed by atoms with Gasteiger partial charge in [-0.3, -0.25) is 0 Å². The lowest BCUT2D eigenvalue weighted by Crippen LogP contribution is -1.85. The zero-order valence-corrected chi connectivity index (χ0v) is 7.48. The Kier molecular flexibility index (Phi) is 1.81. The summed E-state index contributed by atoms with van der Waals surface area (Å²) in [5, 5.41) is 3.70. The molecule has 2 rings (SSSR count). The minimum absolute atomic E-state index is 0.473. The third kappa shape index (κ3) is 1.56. The van der Waals surface area contributed by atoms with Crippen molar-refractivity contribution in [2.24, 2.45) is 0 Å². The summed E-state index contributed by atoms with van der Waals surface area (Å²) in [5.74, 6) is 1.10. The minimum atomic E-state index is 0.473. The quantitative estimate of drug-likeness (QED) is 0.662. The second kappa shape index (κ2) is 2.97. The standard InChI is InChI=1S/C9H9N3O/c1-6-4-3-5-8(10-6)9-11-7(2)12-13-9/h3-5H,1-2H3. The highest BCUT2D eigenvalue weighted by Gasteiger charge is 2.06. The van der Waals surface area contributed by atoms with Gasteiger partial charge in [-0.15, -0.1) is 0 Å². The third-order valence-electron chi connectivity index (χ3n) is 1.64. The molecule has 2 aromatic heterocycles. The van der Waals surface area contributed by atoms with Gasteiger partial charge in [0.2, 0.25) is 0 Å². The molecule has 4 heteroatoms. The summed E-state index contributed by atoms with van der Waals surface area (Å²) in [4.78, 5) is 8.34. The highest BCUT2D eigenvalue weighted by atomic mass is 16.5. The van der Waals surface area contributed by atoms with Crippen LogP contribution in [0.5, 0.6) is 0 Å². The van der Waals surface area contributed by atoms with E-state index in [1.54, 1.807) is 6.92 Å². The van der Waals surface area contributed by atoms with Crippen LogP contribution in [0.25, 0.3) is 11.6 Å².